The zero-order valence-corrected chi connectivity index (χ0v) is 36.4. The van der Waals surface area contributed by atoms with Gasteiger partial charge in [-0.2, -0.15) is 0 Å². The molecule has 0 aliphatic heterocycles. The fourth-order valence-electron chi connectivity index (χ4n) is 13.1. The van der Waals surface area contributed by atoms with Crippen molar-refractivity contribution in [3.63, 3.8) is 0 Å². The van der Waals surface area contributed by atoms with Gasteiger partial charge in [-0.3, -0.25) is 0 Å². The van der Waals surface area contributed by atoms with Crippen LogP contribution in [-0.4, -0.2) is 4.21 Å². The van der Waals surface area contributed by atoms with E-state index in [1.54, 1.807) is 28.8 Å². The molecule has 2 aromatic carbocycles. The van der Waals surface area contributed by atoms with Crippen molar-refractivity contribution in [2.45, 2.75) is 123 Å². The molecule has 4 unspecified atom stereocenters. The van der Waals surface area contributed by atoms with Crippen LogP contribution in [0.15, 0.2) is 104 Å². The second-order valence-corrected chi connectivity index (χ2v) is 35.7. The Morgan fingerprint density at radius 2 is 1.48 bits per heavy atom. The van der Waals surface area contributed by atoms with Crippen molar-refractivity contribution in [1.29, 1.82) is 0 Å². The molecule has 0 spiro atoms. The Kier molecular flexibility index (Phi) is 7.95. The van der Waals surface area contributed by atoms with Crippen molar-refractivity contribution < 1.29 is 18.3 Å². The van der Waals surface area contributed by atoms with Gasteiger partial charge in [0.05, 0.1) is 0 Å². The summed E-state index contributed by atoms with van der Waals surface area (Å²) in [7, 11) is 0. The minimum absolute atomic E-state index is 0.0000591. The minimum atomic E-state index is -4.80. The molecule has 0 N–H and O–H groups in total. The molecule has 1 saturated carbocycles. The van der Waals surface area contributed by atoms with Crippen LogP contribution in [0.2, 0.25) is 7.75 Å². The van der Waals surface area contributed by atoms with Crippen LogP contribution in [0.1, 0.15) is 120 Å². The van der Waals surface area contributed by atoms with Crippen molar-refractivity contribution in [1.82, 2.24) is 0 Å². The van der Waals surface area contributed by atoms with Crippen LogP contribution in [0.5, 0.6) is 0 Å². The molecule has 0 nitrogen and oxygen atoms in total. The summed E-state index contributed by atoms with van der Waals surface area (Å²) >= 11 is -4.80. The van der Waals surface area contributed by atoms with E-state index in [0.29, 0.717) is 11.8 Å². The fraction of sp³-hybridized carbons (Fsp3) is 0.531. The van der Waals surface area contributed by atoms with Gasteiger partial charge < -0.3 is 0 Å². The molecule has 4 atom stereocenters. The number of rotatable bonds is 5. The molecule has 266 valence electrons. The maximum absolute atomic E-state index is 6.04. The summed E-state index contributed by atoms with van der Waals surface area (Å²) in [5, 5.41) is 0. The van der Waals surface area contributed by atoms with E-state index >= 15 is 0 Å². The number of fused-ring (bicyclic) bond motifs is 6. The average Bonchev–Trinajstić information content (AvgIpc) is 3.67. The molecule has 0 bridgehead atoms. The Bertz CT molecular complexity index is 1990. The Balaban J connectivity index is 1.72. The number of benzene rings is 2. The second-order valence-electron chi connectivity index (χ2n) is 20.5. The normalized spacial score (nSPS) is 31.1. The topological polar surface area (TPSA) is 0 Å². The molecule has 1 fully saturated rings. The van der Waals surface area contributed by atoms with Gasteiger partial charge >= 0.3 is 309 Å². The molecule has 50 heavy (non-hydrogen) atoms. The number of hydrogen-bond acceptors (Lipinski definition) is 0. The van der Waals surface area contributed by atoms with Gasteiger partial charge in [0.1, 0.15) is 0 Å². The van der Waals surface area contributed by atoms with E-state index in [0.717, 1.165) is 12.8 Å². The third-order valence-corrected chi connectivity index (χ3v) is 36.1. The molecule has 1 heteroatoms. The first-order valence-electron chi connectivity index (χ1n) is 19.9. The van der Waals surface area contributed by atoms with E-state index in [1.165, 1.54) is 36.0 Å². The summed E-state index contributed by atoms with van der Waals surface area (Å²) in [6.45, 7) is 31.2. The SMILES string of the molecule is [CH2]=[Zr]([CH3])([C]1=CC(C(C)(C)C)=CC1CCC)([c]1ccccc1)[C]1(C)C2=C3Cc4ccccc4C3=C3C=CCCC3C2(C)C(C)(C)C(C)(C)C1(C)C. The molecule has 5 aliphatic rings. The van der Waals surface area contributed by atoms with Gasteiger partial charge in [-0.05, 0) is 0 Å². The predicted molar refractivity (Wildman–Crippen MR) is 217 cm³/mol. The van der Waals surface area contributed by atoms with Crippen molar-refractivity contribution in [3.05, 3.63) is 116 Å². The first-order valence-corrected chi connectivity index (χ1v) is 27.8. The second kappa shape index (κ2) is 11.0. The van der Waals surface area contributed by atoms with Gasteiger partial charge in [0.2, 0.25) is 0 Å². The van der Waals surface area contributed by atoms with Crippen molar-refractivity contribution in [3.8, 4) is 0 Å². The summed E-state index contributed by atoms with van der Waals surface area (Å²) < 4.78 is 12.0. The number of allylic oxidation sites excluding steroid dienone is 10. The third kappa shape index (κ3) is 4.06. The molecule has 2 aromatic rings. The van der Waals surface area contributed by atoms with Crippen LogP contribution in [-0.2, 0) is 24.7 Å². The average molecular weight is 746 g/mol. The van der Waals surface area contributed by atoms with E-state index in [2.05, 4.69) is 167 Å². The Morgan fingerprint density at radius 1 is 0.840 bits per heavy atom. The molecule has 0 heterocycles. The van der Waals surface area contributed by atoms with Gasteiger partial charge in [-0.25, -0.2) is 0 Å². The van der Waals surface area contributed by atoms with Crippen LogP contribution in [0.25, 0.3) is 5.57 Å². The van der Waals surface area contributed by atoms with Gasteiger partial charge in [0.15, 0.2) is 0 Å². The molecular formula is C49H66Zr. The molecule has 7 rings (SSSR count). The van der Waals surface area contributed by atoms with Crippen LogP contribution < -0.4 is 3.27 Å². The monoisotopic (exact) mass is 744 g/mol. The Labute approximate surface area is 306 Å². The molecule has 5 aliphatic carbocycles. The molecule has 0 radical (unpaired) electrons. The maximum atomic E-state index is 6.04. The molecular weight excluding hydrogens is 680 g/mol. The van der Waals surface area contributed by atoms with E-state index in [1.807, 2.05) is 0 Å². The zero-order chi connectivity index (χ0) is 36.5. The predicted octanol–water partition coefficient (Wildman–Crippen LogP) is 13.3. The van der Waals surface area contributed by atoms with Gasteiger partial charge in [-0.15, -0.1) is 0 Å². The molecule has 0 amide bonds. The van der Waals surface area contributed by atoms with E-state index < -0.39 is 18.3 Å². The van der Waals surface area contributed by atoms with E-state index in [4.69, 9.17) is 4.21 Å². The van der Waals surface area contributed by atoms with Crippen LogP contribution in [0.4, 0.5) is 0 Å². The zero-order valence-electron chi connectivity index (χ0n) is 33.9. The summed E-state index contributed by atoms with van der Waals surface area (Å²) in [5.74, 6) is 0.900. The van der Waals surface area contributed by atoms with Crippen molar-refractivity contribution >= 4 is 13.1 Å². The van der Waals surface area contributed by atoms with E-state index in [9.17, 15) is 0 Å². The standard InChI is InChI=1S/C29H37.C12H19.C6H5.CH3.CH2.Zr/c1-18-25-22-17-19-13-9-10-14-20(19)24(22)21-15-11-12-16-23(21)29(25,8)28(6,7)27(4,5)26(18,2)3;1-5-6-10-7-8-11(9-10)12(2,3)4;1-2-4-6-5-3-1;;;/h9-11,13-15,23H,12,16-17H2,1-8H3;8-10H,5-6H2,1-4H3;1-5H;1H3;1H2;. The molecule has 0 saturated heterocycles. The van der Waals surface area contributed by atoms with Crippen LogP contribution >= 0.6 is 0 Å². The first kappa shape index (κ1) is 36.3. The van der Waals surface area contributed by atoms with Gasteiger partial charge in [0.25, 0.3) is 0 Å². The molecule has 0 aromatic heterocycles. The van der Waals surface area contributed by atoms with Crippen LogP contribution in [0, 0.1) is 38.9 Å². The Morgan fingerprint density at radius 3 is 2.12 bits per heavy atom. The summed E-state index contributed by atoms with van der Waals surface area (Å²) in [4.78, 5) is 0. The third-order valence-electron chi connectivity index (χ3n) is 17.5. The van der Waals surface area contributed by atoms with Crippen molar-refractivity contribution in [2.24, 2.45) is 38.9 Å². The Hall–Kier alpha value is -2.11. The van der Waals surface area contributed by atoms with Crippen LogP contribution in [0.3, 0.4) is 0 Å². The van der Waals surface area contributed by atoms with Gasteiger partial charge in [-0.1, -0.05) is 0 Å². The summed E-state index contributed by atoms with van der Waals surface area (Å²) in [5.41, 5.74) is 11.1. The van der Waals surface area contributed by atoms with E-state index in [-0.39, 0.29) is 30.2 Å². The fourth-order valence-corrected chi connectivity index (χ4v) is 31.4. The van der Waals surface area contributed by atoms with Gasteiger partial charge in [0, 0.05) is 0 Å². The number of hydrogen-bond donors (Lipinski definition) is 0. The first-order chi connectivity index (χ1) is 23.1. The quantitative estimate of drug-likeness (QED) is 0.286. The summed E-state index contributed by atoms with van der Waals surface area (Å²) in [6, 6.07) is 21.3. The van der Waals surface area contributed by atoms with Crippen molar-refractivity contribution in [2.75, 3.05) is 0 Å². The summed E-state index contributed by atoms with van der Waals surface area (Å²) in [6.07, 6.45) is 16.2.